The van der Waals surface area contributed by atoms with Crippen molar-refractivity contribution in [2.75, 3.05) is 6.61 Å². The molecule has 0 unspecified atom stereocenters. The zero-order valence-corrected chi connectivity index (χ0v) is 10.4. The van der Waals surface area contributed by atoms with E-state index in [9.17, 15) is 0 Å². The highest BCUT2D eigenvalue weighted by Crippen LogP contribution is 2.17. The molecule has 0 aliphatic carbocycles. The van der Waals surface area contributed by atoms with Crippen LogP contribution in [-0.4, -0.2) is 17.9 Å². The van der Waals surface area contributed by atoms with Gasteiger partial charge in [0.2, 0.25) is 0 Å². The van der Waals surface area contributed by atoms with Gasteiger partial charge in [-0.05, 0) is 31.6 Å². The Kier molecular flexibility index (Phi) is 18.0. The van der Waals surface area contributed by atoms with Gasteiger partial charge in [0.25, 0.3) is 0 Å². The summed E-state index contributed by atoms with van der Waals surface area (Å²) in [5.41, 5.74) is 0. The maximum absolute atomic E-state index is 8.74. The average molecular weight is 228 g/mol. The number of allylic oxidation sites excluding steroid dienone is 2. The Balaban J connectivity index is 0. The summed E-state index contributed by atoms with van der Waals surface area (Å²) in [6, 6.07) is 0. The minimum atomic E-state index is 0.250. The molecule has 0 saturated heterocycles. The largest absolute Gasteiger partial charge is 0.396 e. The maximum Gasteiger partial charge on any atom is 0.373 e. The van der Waals surface area contributed by atoms with Crippen LogP contribution < -0.4 is 0 Å². The minimum Gasteiger partial charge on any atom is -0.396 e. The van der Waals surface area contributed by atoms with Crippen LogP contribution in [0.15, 0.2) is 12.2 Å². The van der Waals surface area contributed by atoms with Gasteiger partial charge in [0.05, 0.1) is 0 Å². The molecule has 0 saturated carbocycles. The fraction of sp³-hybridized carbons (Fsp3) is 0.769. The summed E-state index contributed by atoms with van der Waals surface area (Å²) in [5.74, 6) is 0.792. The normalized spacial score (nSPS) is 11.7. The van der Waals surface area contributed by atoms with Crippen LogP contribution in [0.25, 0.3) is 0 Å². The van der Waals surface area contributed by atoms with E-state index in [1.54, 1.807) is 0 Å². The Morgan fingerprint density at radius 2 is 1.81 bits per heavy atom. The molecular formula is C13H24O3. The molecule has 1 atom stereocenters. The maximum atomic E-state index is 8.74. The lowest BCUT2D eigenvalue weighted by Crippen LogP contribution is -2.00. The fourth-order valence-electron chi connectivity index (χ4n) is 1.62. The van der Waals surface area contributed by atoms with Crippen molar-refractivity contribution in [1.29, 1.82) is 0 Å². The fourth-order valence-corrected chi connectivity index (χ4v) is 1.62. The van der Waals surface area contributed by atoms with Crippen LogP contribution >= 0.6 is 0 Å². The van der Waals surface area contributed by atoms with Crippen LogP contribution in [0.2, 0.25) is 0 Å². The Morgan fingerprint density at radius 3 is 2.25 bits per heavy atom. The van der Waals surface area contributed by atoms with E-state index in [-0.39, 0.29) is 6.15 Å². The van der Waals surface area contributed by atoms with E-state index in [2.05, 4.69) is 26.0 Å². The summed E-state index contributed by atoms with van der Waals surface area (Å²) in [5, 5.41) is 8.74. The average Bonchev–Trinajstić information content (AvgIpc) is 2.27. The van der Waals surface area contributed by atoms with Gasteiger partial charge in [-0.1, -0.05) is 38.8 Å². The van der Waals surface area contributed by atoms with Crippen molar-refractivity contribution in [3.63, 3.8) is 0 Å². The molecule has 0 amide bonds. The number of aliphatic hydroxyl groups is 1. The van der Waals surface area contributed by atoms with Crippen molar-refractivity contribution in [2.45, 2.75) is 52.4 Å². The first kappa shape index (κ1) is 17.5. The van der Waals surface area contributed by atoms with Crippen molar-refractivity contribution >= 4 is 6.15 Å². The third-order valence-electron chi connectivity index (χ3n) is 2.34. The summed E-state index contributed by atoms with van der Waals surface area (Å²) < 4.78 is 0. The molecule has 0 aromatic rings. The van der Waals surface area contributed by atoms with Crippen LogP contribution in [0.3, 0.4) is 0 Å². The van der Waals surface area contributed by atoms with Gasteiger partial charge in [-0.15, -0.1) is 0 Å². The third kappa shape index (κ3) is 15.5. The molecule has 0 bridgehead atoms. The molecule has 94 valence electrons. The van der Waals surface area contributed by atoms with E-state index < -0.39 is 0 Å². The Labute approximate surface area is 98.6 Å². The quantitative estimate of drug-likeness (QED) is 0.650. The molecule has 0 spiro atoms. The van der Waals surface area contributed by atoms with Gasteiger partial charge >= 0.3 is 6.15 Å². The zero-order chi connectivity index (χ0) is 12.6. The van der Waals surface area contributed by atoms with Gasteiger partial charge in [0, 0.05) is 6.61 Å². The molecule has 0 aromatic carbocycles. The highest BCUT2D eigenvalue weighted by Gasteiger charge is 2.04. The molecule has 0 rings (SSSR count). The molecule has 3 nitrogen and oxygen atoms in total. The van der Waals surface area contributed by atoms with E-state index in [4.69, 9.17) is 14.7 Å². The summed E-state index contributed by atoms with van der Waals surface area (Å²) in [6.45, 7) is 4.74. The Bertz CT molecular complexity index is 182. The lowest BCUT2D eigenvalue weighted by atomic mass is 9.94. The summed E-state index contributed by atoms with van der Waals surface area (Å²) in [6.07, 6.45) is 11.8. The van der Waals surface area contributed by atoms with Gasteiger partial charge in [-0.2, -0.15) is 9.59 Å². The molecule has 0 aliphatic rings. The molecule has 16 heavy (non-hydrogen) atoms. The molecule has 1 N–H and O–H groups in total. The summed E-state index contributed by atoms with van der Waals surface area (Å²) in [4.78, 5) is 16.2. The van der Waals surface area contributed by atoms with E-state index >= 15 is 0 Å². The minimum absolute atomic E-state index is 0.250. The Hall–Kier alpha value is -0.920. The molecule has 0 fully saturated rings. The summed E-state index contributed by atoms with van der Waals surface area (Å²) >= 11 is 0. The predicted octanol–water partition coefficient (Wildman–Crippen LogP) is 2.95. The first-order chi connectivity index (χ1) is 7.76. The lowest BCUT2D eigenvalue weighted by Gasteiger charge is -2.12. The molecule has 0 radical (unpaired) electrons. The summed E-state index contributed by atoms with van der Waals surface area (Å²) in [7, 11) is 0. The molecule has 3 heteroatoms. The van der Waals surface area contributed by atoms with Crippen molar-refractivity contribution in [1.82, 2.24) is 0 Å². The second kappa shape index (κ2) is 16.5. The van der Waals surface area contributed by atoms with E-state index in [1.165, 1.54) is 25.7 Å². The lowest BCUT2D eigenvalue weighted by molar-refractivity contribution is -0.191. The van der Waals surface area contributed by atoms with Crippen LogP contribution in [-0.2, 0) is 9.59 Å². The van der Waals surface area contributed by atoms with Crippen LogP contribution in [0.4, 0.5) is 0 Å². The van der Waals surface area contributed by atoms with E-state index in [0.717, 1.165) is 18.8 Å². The number of carbonyl (C=O) groups excluding carboxylic acids is 2. The van der Waals surface area contributed by atoms with Crippen molar-refractivity contribution in [2.24, 2.45) is 5.92 Å². The van der Waals surface area contributed by atoms with Crippen molar-refractivity contribution in [3.05, 3.63) is 12.2 Å². The number of hydrogen-bond acceptors (Lipinski definition) is 3. The van der Waals surface area contributed by atoms with E-state index in [1.807, 2.05) is 0 Å². The molecule has 0 heterocycles. The van der Waals surface area contributed by atoms with Gasteiger partial charge in [0.15, 0.2) is 0 Å². The number of rotatable bonds is 8. The SMILES string of the molecule is CC/C=C/C[C@H](CCC)CCCO.O=C=O. The number of hydrogen-bond donors (Lipinski definition) is 1. The van der Waals surface area contributed by atoms with Crippen molar-refractivity contribution < 1.29 is 14.7 Å². The van der Waals surface area contributed by atoms with Crippen LogP contribution in [0, 0.1) is 5.92 Å². The first-order valence-corrected chi connectivity index (χ1v) is 6.01. The van der Waals surface area contributed by atoms with Gasteiger partial charge < -0.3 is 5.11 Å². The predicted molar refractivity (Wildman–Crippen MR) is 63.8 cm³/mol. The van der Waals surface area contributed by atoms with Crippen molar-refractivity contribution in [3.8, 4) is 0 Å². The molecule has 0 aliphatic heterocycles. The topological polar surface area (TPSA) is 54.4 Å². The highest BCUT2D eigenvalue weighted by atomic mass is 16.3. The van der Waals surface area contributed by atoms with Gasteiger partial charge in [-0.3, -0.25) is 0 Å². The van der Waals surface area contributed by atoms with Crippen LogP contribution in [0.5, 0.6) is 0 Å². The monoisotopic (exact) mass is 228 g/mol. The first-order valence-electron chi connectivity index (χ1n) is 6.01. The number of aliphatic hydroxyl groups excluding tert-OH is 1. The molecule has 0 aromatic heterocycles. The smallest absolute Gasteiger partial charge is 0.373 e. The van der Waals surface area contributed by atoms with Gasteiger partial charge in [-0.25, -0.2) is 0 Å². The van der Waals surface area contributed by atoms with E-state index in [0.29, 0.717) is 6.61 Å². The highest BCUT2D eigenvalue weighted by molar-refractivity contribution is 5.20. The second-order valence-corrected chi connectivity index (χ2v) is 3.72. The van der Waals surface area contributed by atoms with Gasteiger partial charge in [0.1, 0.15) is 0 Å². The van der Waals surface area contributed by atoms with Crippen LogP contribution in [0.1, 0.15) is 52.4 Å². The standard InChI is InChI=1S/C12H24O.CO2/c1-3-5-6-9-12(8-4-2)10-7-11-13;2-1-3/h5-6,12-13H,3-4,7-11H2,1-2H3;/b6-5+;/t12-;/m0./s1. The Morgan fingerprint density at radius 1 is 1.19 bits per heavy atom. The molecular weight excluding hydrogens is 204 g/mol. The third-order valence-corrected chi connectivity index (χ3v) is 2.34. The zero-order valence-electron chi connectivity index (χ0n) is 10.4. The second-order valence-electron chi connectivity index (χ2n) is 3.72.